The number of benzene rings is 1. The zero-order chi connectivity index (χ0) is 25.4. The SMILES string of the molecule is C[C@H](O)CNC(=O)OCc1cccc2nnc([C@@H](COCc3ccccc3)NC(=O)C(C)(C)N)n12. The van der Waals surface area contributed by atoms with E-state index < -0.39 is 23.8 Å². The normalized spacial score (nSPS) is 13.3. The zero-order valence-electron chi connectivity index (χ0n) is 20.1. The molecule has 0 unspecified atom stereocenters. The highest BCUT2D eigenvalue weighted by Gasteiger charge is 2.28. The molecule has 0 aliphatic carbocycles. The number of amides is 2. The molecular formula is C24H32N6O5. The van der Waals surface area contributed by atoms with Crippen molar-refractivity contribution in [2.45, 2.75) is 51.7 Å². The van der Waals surface area contributed by atoms with E-state index in [1.807, 2.05) is 30.3 Å². The fraction of sp³-hybridized carbons (Fsp3) is 0.417. The van der Waals surface area contributed by atoms with E-state index in [0.29, 0.717) is 23.8 Å². The van der Waals surface area contributed by atoms with Gasteiger partial charge in [0.25, 0.3) is 0 Å². The molecule has 2 aromatic heterocycles. The van der Waals surface area contributed by atoms with E-state index in [9.17, 15) is 14.7 Å². The Kier molecular flexibility index (Phi) is 8.74. The molecule has 0 saturated carbocycles. The minimum absolute atomic E-state index is 0.0721. The molecule has 0 fully saturated rings. The van der Waals surface area contributed by atoms with Gasteiger partial charge in [-0.3, -0.25) is 9.20 Å². The number of hydrogen-bond acceptors (Lipinski definition) is 8. The van der Waals surface area contributed by atoms with Crippen LogP contribution in [0.5, 0.6) is 0 Å². The number of carbonyl (C=O) groups is 2. The number of carbonyl (C=O) groups excluding carboxylic acids is 2. The molecule has 11 heteroatoms. The average Bonchev–Trinajstić information content (AvgIpc) is 3.25. The lowest BCUT2D eigenvalue weighted by Gasteiger charge is -2.24. The van der Waals surface area contributed by atoms with Crippen LogP contribution in [0, 0.1) is 0 Å². The van der Waals surface area contributed by atoms with E-state index in [2.05, 4.69) is 20.8 Å². The molecule has 0 aliphatic rings. The van der Waals surface area contributed by atoms with Crippen molar-refractivity contribution in [3.8, 4) is 0 Å². The molecule has 1 aromatic carbocycles. The summed E-state index contributed by atoms with van der Waals surface area (Å²) in [5.41, 5.74) is 6.96. The van der Waals surface area contributed by atoms with Crippen LogP contribution in [0.1, 0.15) is 43.9 Å². The summed E-state index contributed by atoms with van der Waals surface area (Å²) >= 11 is 0. The zero-order valence-corrected chi connectivity index (χ0v) is 20.1. The molecule has 2 amide bonds. The highest BCUT2D eigenvalue weighted by Crippen LogP contribution is 2.18. The van der Waals surface area contributed by atoms with Crippen LogP contribution in [-0.2, 0) is 27.5 Å². The summed E-state index contributed by atoms with van der Waals surface area (Å²) in [5, 5.41) is 23.2. The number of pyridine rings is 1. The number of fused-ring (bicyclic) bond motifs is 1. The molecule has 0 saturated heterocycles. The van der Waals surface area contributed by atoms with Crippen molar-refractivity contribution >= 4 is 17.6 Å². The van der Waals surface area contributed by atoms with E-state index in [4.69, 9.17) is 15.2 Å². The third-order valence-electron chi connectivity index (χ3n) is 5.03. The van der Waals surface area contributed by atoms with Gasteiger partial charge in [-0.15, -0.1) is 10.2 Å². The topological polar surface area (TPSA) is 153 Å². The first-order chi connectivity index (χ1) is 16.6. The summed E-state index contributed by atoms with van der Waals surface area (Å²) in [6, 6.07) is 14.3. The third kappa shape index (κ3) is 7.47. The fourth-order valence-corrected chi connectivity index (χ4v) is 3.18. The molecule has 0 aliphatic heterocycles. The van der Waals surface area contributed by atoms with E-state index in [1.165, 1.54) is 0 Å². The largest absolute Gasteiger partial charge is 0.443 e. The van der Waals surface area contributed by atoms with Crippen molar-refractivity contribution in [1.29, 1.82) is 0 Å². The molecule has 0 spiro atoms. The lowest BCUT2D eigenvalue weighted by Crippen LogP contribution is -2.51. The summed E-state index contributed by atoms with van der Waals surface area (Å²) in [4.78, 5) is 24.7. The van der Waals surface area contributed by atoms with E-state index in [0.717, 1.165) is 5.56 Å². The van der Waals surface area contributed by atoms with Crippen molar-refractivity contribution < 1.29 is 24.2 Å². The Morgan fingerprint density at radius 2 is 1.86 bits per heavy atom. The number of alkyl carbamates (subject to hydrolysis) is 1. The van der Waals surface area contributed by atoms with Crippen LogP contribution < -0.4 is 16.4 Å². The highest BCUT2D eigenvalue weighted by atomic mass is 16.5. The summed E-state index contributed by atoms with van der Waals surface area (Å²) < 4.78 is 12.9. The monoisotopic (exact) mass is 484 g/mol. The first-order valence-corrected chi connectivity index (χ1v) is 11.3. The number of ether oxygens (including phenoxy) is 2. The lowest BCUT2D eigenvalue weighted by atomic mass is 10.1. The Morgan fingerprint density at radius 1 is 1.11 bits per heavy atom. The molecule has 2 atom stereocenters. The van der Waals surface area contributed by atoms with Gasteiger partial charge >= 0.3 is 6.09 Å². The van der Waals surface area contributed by atoms with Crippen LogP contribution in [0.15, 0.2) is 48.5 Å². The number of aromatic nitrogens is 3. The predicted molar refractivity (Wildman–Crippen MR) is 128 cm³/mol. The van der Waals surface area contributed by atoms with Gasteiger partial charge in [0, 0.05) is 6.54 Å². The maximum absolute atomic E-state index is 12.7. The van der Waals surface area contributed by atoms with Crippen molar-refractivity contribution in [1.82, 2.24) is 25.2 Å². The molecule has 188 valence electrons. The van der Waals surface area contributed by atoms with Crippen LogP contribution in [0.4, 0.5) is 4.79 Å². The van der Waals surface area contributed by atoms with Gasteiger partial charge in [-0.1, -0.05) is 36.4 Å². The van der Waals surface area contributed by atoms with Crippen molar-refractivity contribution in [2.75, 3.05) is 13.2 Å². The first-order valence-electron chi connectivity index (χ1n) is 11.3. The second-order valence-corrected chi connectivity index (χ2v) is 8.82. The van der Waals surface area contributed by atoms with Gasteiger partial charge in [-0.05, 0) is 38.5 Å². The molecule has 3 aromatic rings. The quantitative estimate of drug-likeness (QED) is 0.319. The van der Waals surface area contributed by atoms with Crippen molar-refractivity contribution in [3.05, 3.63) is 65.6 Å². The van der Waals surface area contributed by atoms with E-state index in [-0.39, 0.29) is 25.7 Å². The summed E-state index contributed by atoms with van der Waals surface area (Å²) in [7, 11) is 0. The predicted octanol–water partition coefficient (Wildman–Crippen LogP) is 1.45. The Bertz CT molecular complexity index is 1130. The average molecular weight is 485 g/mol. The minimum Gasteiger partial charge on any atom is -0.443 e. The van der Waals surface area contributed by atoms with Crippen LogP contribution in [0.2, 0.25) is 0 Å². The van der Waals surface area contributed by atoms with E-state index in [1.54, 1.807) is 43.4 Å². The molecular weight excluding hydrogens is 452 g/mol. The van der Waals surface area contributed by atoms with Crippen LogP contribution in [-0.4, -0.2) is 56.5 Å². The lowest BCUT2D eigenvalue weighted by molar-refractivity contribution is -0.126. The number of hydrogen-bond donors (Lipinski definition) is 4. The second-order valence-electron chi connectivity index (χ2n) is 8.82. The van der Waals surface area contributed by atoms with Gasteiger partial charge < -0.3 is 30.9 Å². The Hall–Kier alpha value is -3.54. The third-order valence-corrected chi connectivity index (χ3v) is 5.03. The van der Waals surface area contributed by atoms with Gasteiger partial charge in [0.1, 0.15) is 12.6 Å². The van der Waals surface area contributed by atoms with Crippen molar-refractivity contribution in [3.63, 3.8) is 0 Å². The molecule has 0 bridgehead atoms. The van der Waals surface area contributed by atoms with Gasteiger partial charge in [0.2, 0.25) is 5.91 Å². The van der Waals surface area contributed by atoms with Gasteiger partial charge in [-0.2, -0.15) is 0 Å². The highest BCUT2D eigenvalue weighted by molar-refractivity contribution is 5.85. The first kappa shape index (κ1) is 26.1. The Morgan fingerprint density at radius 3 is 2.54 bits per heavy atom. The van der Waals surface area contributed by atoms with Gasteiger partial charge in [0.15, 0.2) is 11.5 Å². The second kappa shape index (κ2) is 11.7. The van der Waals surface area contributed by atoms with Crippen LogP contribution in [0.3, 0.4) is 0 Å². The summed E-state index contributed by atoms with van der Waals surface area (Å²) in [6.45, 7) is 5.22. The molecule has 11 nitrogen and oxygen atoms in total. The maximum Gasteiger partial charge on any atom is 0.407 e. The van der Waals surface area contributed by atoms with Crippen LogP contribution >= 0.6 is 0 Å². The molecule has 35 heavy (non-hydrogen) atoms. The number of aliphatic hydroxyl groups excluding tert-OH is 1. The number of aliphatic hydroxyl groups is 1. The number of nitrogens with zero attached hydrogens (tertiary/aromatic N) is 3. The molecule has 2 heterocycles. The van der Waals surface area contributed by atoms with Crippen LogP contribution in [0.25, 0.3) is 5.65 Å². The summed E-state index contributed by atoms with van der Waals surface area (Å²) in [5.74, 6) is 0.0306. The standard InChI is InChI=1S/C24H32N6O5/c1-16(31)12-26-23(33)35-14-18-10-7-11-20-28-29-21(30(18)20)19(27-22(32)24(2,3)25)15-34-13-17-8-5-4-6-9-17/h4-11,16,19,31H,12-15,25H2,1-3H3,(H,26,33)(H,27,32)/t16-,19+/m0/s1. The number of nitrogens with two attached hydrogens (primary N) is 1. The smallest absolute Gasteiger partial charge is 0.407 e. The van der Waals surface area contributed by atoms with Gasteiger partial charge in [0.05, 0.1) is 30.6 Å². The molecule has 5 N–H and O–H groups in total. The van der Waals surface area contributed by atoms with Crippen molar-refractivity contribution in [2.24, 2.45) is 5.73 Å². The minimum atomic E-state index is -1.12. The molecule has 3 rings (SSSR count). The summed E-state index contributed by atoms with van der Waals surface area (Å²) in [6.07, 6.45) is -1.36. The fourth-order valence-electron chi connectivity index (χ4n) is 3.18. The Labute approximate surface area is 203 Å². The Balaban J connectivity index is 1.83. The molecule has 0 radical (unpaired) electrons. The number of rotatable bonds is 11. The van der Waals surface area contributed by atoms with E-state index >= 15 is 0 Å². The number of nitrogens with one attached hydrogen (secondary N) is 2. The maximum atomic E-state index is 12.7. The van der Waals surface area contributed by atoms with Gasteiger partial charge in [-0.25, -0.2) is 4.79 Å².